The molecule has 3 rings (SSSR count). The van der Waals surface area contributed by atoms with Gasteiger partial charge in [0.2, 0.25) is 0 Å². The molecule has 0 unspecified atom stereocenters. The lowest BCUT2D eigenvalue weighted by molar-refractivity contribution is 0.306. The molecule has 0 amide bonds. The maximum absolute atomic E-state index is 8.89. The van der Waals surface area contributed by atoms with Gasteiger partial charge in [0.1, 0.15) is 0 Å². The van der Waals surface area contributed by atoms with Crippen molar-refractivity contribution in [2.24, 2.45) is 5.41 Å². The number of fused-ring (bicyclic) bond motifs is 1. The van der Waals surface area contributed by atoms with Crippen molar-refractivity contribution in [1.82, 2.24) is 5.12 Å². The van der Waals surface area contributed by atoms with Crippen molar-refractivity contribution in [3.05, 3.63) is 52.0 Å². The fourth-order valence-electron chi connectivity index (χ4n) is 2.94. The van der Waals surface area contributed by atoms with Crippen molar-refractivity contribution in [2.75, 3.05) is 29.3 Å². The largest absolute Gasteiger partial charge is 0.380 e. The summed E-state index contributed by atoms with van der Waals surface area (Å²) in [5, 5.41) is 16.6. The van der Waals surface area contributed by atoms with Crippen LogP contribution in [-0.2, 0) is 6.54 Å². The van der Waals surface area contributed by atoms with Gasteiger partial charge >= 0.3 is 0 Å². The number of nitrogens with one attached hydrogen (secondary N) is 2. The molecule has 0 spiro atoms. The highest BCUT2D eigenvalue weighted by molar-refractivity contribution is 9.10. The van der Waals surface area contributed by atoms with Crippen LogP contribution in [0.3, 0.4) is 0 Å². The Kier molecular flexibility index (Phi) is 5.12. The number of nitriles is 1. The van der Waals surface area contributed by atoms with E-state index in [1.54, 1.807) is 0 Å². The maximum atomic E-state index is 8.89. The monoisotopic (exact) mass is 413 g/mol. The molecular weight excluding hydrogens is 390 g/mol. The Bertz CT molecular complexity index is 833. The van der Waals surface area contributed by atoms with Crippen LogP contribution in [0.1, 0.15) is 31.9 Å². The number of halogens is 1. The second kappa shape index (κ2) is 7.18. The quantitative estimate of drug-likeness (QED) is 0.740. The third kappa shape index (κ3) is 3.95. The minimum absolute atomic E-state index is 0.191. The van der Waals surface area contributed by atoms with Crippen LogP contribution in [0.25, 0.3) is 0 Å². The van der Waals surface area contributed by atoms with Crippen LogP contribution >= 0.6 is 15.9 Å². The third-order valence-electron chi connectivity index (χ3n) is 4.22. The Morgan fingerprint density at radius 2 is 1.85 bits per heavy atom. The lowest BCUT2D eigenvalue weighted by atomic mass is 9.96. The lowest BCUT2D eigenvalue weighted by Crippen LogP contribution is -2.43. The van der Waals surface area contributed by atoms with Gasteiger partial charge in [0.05, 0.1) is 33.2 Å². The first-order valence-corrected chi connectivity index (χ1v) is 9.41. The fourth-order valence-corrected chi connectivity index (χ4v) is 3.51. The summed E-state index contributed by atoms with van der Waals surface area (Å²) in [4.78, 5) is 0. The first-order chi connectivity index (χ1) is 12.3. The summed E-state index contributed by atoms with van der Waals surface area (Å²) in [6, 6.07) is 14.0. The molecule has 1 heterocycles. The zero-order valence-corrected chi connectivity index (χ0v) is 17.2. The highest BCUT2D eigenvalue weighted by Gasteiger charge is 2.30. The minimum Gasteiger partial charge on any atom is -0.380 e. The molecule has 0 radical (unpaired) electrons. The van der Waals surface area contributed by atoms with E-state index < -0.39 is 0 Å². The standard InChI is InChI=1S/C20H24BrN5/c1-20(2,3)13-26-17-10-9-16(18(21)19(17)24-25(26)4)23-12-15-7-5-14(11-22)6-8-15/h5-10,23-24H,12-13H2,1-4H3. The smallest absolute Gasteiger partial charge is 0.0991 e. The third-order valence-corrected chi connectivity index (χ3v) is 5.05. The Balaban J connectivity index is 1.77. The van der Waals surface area contributed by atoms with Gasteiger partial charge in [0.25, 0.3) is 0 Å². The SMILES string of the molecule is CN1Nc2c(ccc(NCc3ccc(C#N)cc3)c2Br)N1CC(C)(C)C. The first kappa shape index (κ1) is 18.6. The Morgan fingerprint density at radius 1 is 1.15 bits per heavy atom. The molecule has 136 valence electrons. The van der Waals surface area contributed by atoms with Crippen molar-refractivity contribution in [3.63, 3.8) is 0 Å². The van der Waals surface area contributed by atoms with Gasteiger partial charge in [0, 0.05) is 20.1 Å². The summed E-state index contributed by atoms with van der Waals surface area (Å²) in [5.74, 6) is 0. The number of hydrazine groups is 2. The van der Waals surface area contributed by atoms with Crippen LogP contribution in [0.15, 0.2) is 40.9 Å². The molecule has 6 heteroatoms. The molecule has 0 saturated carbocycles. The van der Waals surface area contributed by atoms with Crippen molar-refractivity contribution < 1.29 is 0 Å². The van der Waals surface area contributed by atoms with E-state index in [0.717, 1.165) is 28.0 Å². The molecule has 0 fully saturated rings. The van der Waals surface area contributed by atoms with E-state index in [0.29, 0.717) is 12.1 Å². The molecule has 0 bridgehead atoms. The van der Waals surface area contributed by atoms with Gasteiger partial charge in [-0.05, 0) is 51.2 Å². The second-order valence-corrected chi connectivity index (χ2v) is 8.53. The maximum Gasteiger partial charge on any atom is 0.0991 e. The molecule has 0 saturated heterocycles. The van der Waals surface area contributed by atoms with Gasteiger partial charge in [-0.1, -0.05) is 32.9 Å². The summed E-state index contributed by atoms with van der Waals surface area (Å²) in [6.45, 7) is 8.34. The van der Waals surface area contributed by atoms with E-state index in [1.807, 2.05) is 36.4 Å². The van der Waals surface area contributed by atoms with Gasteiger partial charge in [-0.3, -0.25) is 10.4 Å². The molecule has 0 aliphatic carbocycles. The van der Waals surface area contributed by atoms with Crippen molar-refractivity contribution >= 4 is 33.0 Å². The normalized spacial score (nSPS) is 13.9. The molecule has 0 atom stereocenters. The summed E-state index contributed by atoms with van der Waals surface area (Å²) in [7, 11) is 2.03. The van der Waals surface area contributed by atoms with Crippen molar-refractivity contribution in [2.45, 2.75) is 27.3 Å². The van der Waals surface area contributed by atoms with E-state index in [9.17, 15) is 0 Å². The molecule has 1 aliphatic rings. The van der Waals surface area contributed by atoms with Crippen LogP contribution in [0.5, 0.6) is 0 Å². The van der Waals surface area contributed by atoms with Crippen molar-refractivity contribution in [3.8, 4) is 6.07 Å². The number of benzene rings is 2. The Labute approximate surface area is 163 Å². The van der Waals surface area contributed by atoms with Crippen LogP contribution in [0, 0.1) is 16.7 Å². The topological polar surface area (TPSA) is 54.3 Å². The van der Waals surface area contributed by atoms with Gasteiger partial charge in [-0.25, -0.2) is 0 Å². The van der Waals surface area contributed by atoms with E-state index in [-0.39, 0.29) is 5.41 Å². The fraction of sp³-hybridized carbons (Fsp3) is 0.350. The average Bonchev–Trinajstić information content (AvgIpc) is 2.90. The molecule has 1 aliphatic heterocycles. The summed E-state index contributed by atoms with van der Waals surface area (Å²) >= 11 is 3.74. The average molecular weight is 414 g/mol. The number of rotatable bonds is 4. The lowest BCUT2D eigenvalue weighted by Gasteiger charge is -2.32. The van der Waals surface area contributed by atoms with Crippen molar-refractivity contribution in [1.29, 1.82) is 5.26 Å². The summed E-state index contributed by atoms with van der Waals surface area (Å²) in [5.41, 5.74) is 8.70. The minimum atomic E-state index is 0.191. The van der Waals surface area contributed by atoms with Crippen LogP contribution < -0.4 is 15.8 Å². The predicted octanol–water partition coefficient (Wildman–Crippen LogP) is 4.97. The molecule has 5 nitrogen and oxygen atoms in total. The van der Waals surface area contributed by atoms with Gasteiger partial charge in [-0.15, -0.1) is 5.12 Å². The van der Waals surface area contributed by atoms with E-state index in [2.05, 4.69) is 70.7 Å². The molecular formula is C20H24BrN5. The number of hydrogen-bond donors (Lipinski definition) is 2. The van der Waals surface area contributed by atoms with E-state index in [1.165, 1.54) is 5.69 Å². The zero-order chi connectivity index (χ0) is 18.9. The molecule has 2 N–H and O–H groups in total. The zero-order valence-electron chi connectivity index (χ0n) is 15.6. The second-order valence-electron chi connectivity index (χ2n) is 7.74. The van der Waals surface area contributed by atoms with E-state index in [4.69, 9.17) is 5.26 Å². The highest BCUT2D eigenvalue weighted by atomic mass is 79.9. The van der Waals surface area contributed by atoms with Gasteiger partial charge in [0.15, 0.2) is 0 Å². The summed E-state index contributed by atoms with van der Waals surface area (Å²) in [6.07, 6.45) is 0. The predicted molar refractivity (Wildman–Crippen MR) is 111 cm³/mol. The Hall–Kier alpha value is -2.23. The van der Waals surface area contributed by atoms with Crippen LogP contribution in [-0.4, -0.2) is 18.7 Å². The molecule has 0 aromatic heterocycles. The molecule has 2 aromatic carbocycles. The number of hydrogen-bond acceptors (Lipinski definition) is 5. The van der Waals surface area contributed by atoms with E-state index >= 15 is 0 Å². The first-order valence-electron chi connectivity index (χ1n) is 8.62. The van der Waals surface area contributed by atoms with Gasteiger partial charge < -0.3 is 5.32 Å². The summed E-state index contributed by atoms with van der Waals surface area (Å²) < 4.78 is 1.02. The Morgan fingerprint density at radius 3 is 2.46 bits per heavy atom. The number of anilines is 3. The van der Waals surface area contributed by atoms with Crippen LogP contribution in [0.4, 0.5) is 17.1 Å². The number of nitrogens with zero attached hydrogens (tertiary/aromatic N) is 3. The molecule has 26 heavy (non-hydrogen) atoms. The van der Waals surface area contributed by atoms with Crippen LogP contribution in [0.2, 0.25) is 0 Å². The van der Waals surface area contributed by atoms with Gasteiger partial charge in [-0.2, -0.15) is 5.26 Å². The molecule has 2 aromatic rings. The highest BCUT2D eigenvalue weighted by Crippen LogP contribution is 2.43.